The maximum absolute atomic E-state index is 14.0. The first-order valence-corrected chi connectivity index (χ1v) is 15.6. The molecule has 0 bridgehead atoms. The number of ether oxygens (including phenoxy) is 5. The Morgan fingerprint density at radius 2 is 1.91 bits per heavy atom. The van der Waals surface area contributed by atoms with E-state index in [4.69, 9.17) is 23.7 Å². The number of carbonyl (C=O) groups excluding carboxylic acids is 2. The van der Waals surface area contributed by atoms with E-state index in [1.807, 2.05) is 26.0 Å². The molecule has 1 aromatic rings. The van der Waals surface area contributed by atoms with E-state index in [1.54, 1.807) is 21.0 Å². The SMILES string of the molecule is CCC(C)COC(=O)C[C@](O)(CCCC(C)(C)O)C(=O)OC1C(OC)=C[C@@]23CCCN2CCc2cc4c(cc2[C@H]13)OCO4. The summed E-state index contributed by atoms with van der Waals surface area (Å²) < 4.78 is 29.0. The van der Waals surface area contributed by atoms with Crippen molar-refractivity contribution in [2.75, 3.05) is 33.6 Å². The number of fused-ring (bicyclic) bond motifs is 3. The van der Waals surface area contributed by atoms with Gasteiger partial charge in [0.1, 0.15) is 5.76 Å². The molecule has 0 radical (unpaired) electrons. The number of rotatable bonds is 12. The lowest BCUT2D eigenvalue weighted by Crippen LogP contribution is -2.49. The predicted molar refractivity (Wildman–Crippen MR) is 158 cm³/mol. The van der Waals surface area contributed by atoms with Crippen LogP contribution in [0, 0.1) is 5.92 Å². The fraction of sp³-hybridized carbons (Fsp3) is 0.697. The Balaban J connectivity index is 1.46. The molecule has 10 nitrogen and oxygen atoms in total. The highest BCUT2D eigenvalue weighted by atomic mass is 16.7. The zero-order valence-corrected chi connectivity index (χ0v) is 26.1. The minimum atomic E-state index is -2.13. The molecule has 1 fully saturated rings. The molecule has 43 heavy (non-hydrogen) atoms. The average molecular weight is 602 g/mol. The molecular formula is C33H47NO9. The van der Waals surface area contributed by atoms with Gasteiger partial charge in [-0.15, -0.1) is 0 Å². The van der Waals surface area contributed by atoms with E-state index in [1.165, 1.54) is 0 Å². The summed E-state index contributed by atoms with van der Waals surface area (Å²) in [5.74, 6) is 0.172. The minimum Gasteiger partial charge on any atom is -0.497 e. The zero-order valence-electron chi connectivity index (χ0n) is 26.1. The Kier molecular flexibility index (Phi) is 9.03. The first-order chi connectivity index (χ1) is 20.4. The lowest BCUT2D eigenvalue weighted by molar-refractivity contribution is -0.179. The summed E-state index contributed by atoms with van der Waals surface area (Å²) >= 11 is 0. The Morgan fingerprint density at radius 1 is 1.16 bits per heavy atom. The second kappa shape index (κ2) is 12.3. The number of esters is 2. The molecule has 1 aromatic carbocycles. The number of methoxy groups -OCH3 is 1. The summed E-state index contributed by atoms with van der Waals surface area (Å²) in [7, 11) is 1.57. The summed E-state index contributed by atoms with van der Waals surface area (Å²) in [6, 6.07) is 4.03. The topological polar surface area (TPSA) is 124 Å². The van der Waals surface area contributed by atoms with Crippen molar-refractivity contribution in [3.63, 3.8) is 0 Å². The minimum absolute atomic E-state index is 0.0653. The Bertz CT molecular complexity index is 1240. The monoisotopic (exact) mass is 601 g/mol. The van der Waals surface area contributed by atoms with Crippen molar-refractivity contribution in [1.82, 2.24) is 4.90 Å². The van der Waals surface area contributed by atoms with Gasteiger partial charge in [0.05, 0.1) is 37.2 Å². The van der Waals surface area contributed by atoms with Gasteiger partial charge in [-0.2, -0.15) is 0 Å². The van der Waals surface area contributed by atoms with Crippen LogP contribution in [0.3, 0.4) is 0 Å². The van der Waals surface area contributed by atoms with Crippen LogP contribution in [0.25, 0.3) is 0 Å². The number of hydrogen-bond acceptors (Lipinski definition) is 10. The van der Waals surface area contributed by atoms with Gasteiger partial charge in [0.15, 0.2) is 23.2 Å². The number of aliphatic hydroxyl groups is 2. The van der Waals surface area contributed by atoms with E-state index in [2.05, 4.69) is 11.0 Å². The van der Waals surface area contributed by atoms with Gasteiger partial charge in [-0.25, -0.2) is 4.79 Å². The molecule has 1 saturated heterocycles. The van der Waals surface area contributed by atoms with Gasteiger partial charge in [-0.1, -0.05) is 20.3 Å². The van der Waals surface area contributed by atoms with Crippen LogP contribution in [0.4, 0.5) is 0 Å². The van der Waals surface area contributed by atoms with Crippen molar-refractivity contribution >= 4 is 11.9 Å². The van der Waals surface area contributed by atoms with E-state index in [0.29, 0.717) is 30.1 Å². The summed E-state index contributed by atoms with van der Waals surface area (Å²) in [6.45, 7) is 9.41. The van der Waals surface area contributed by atoms with Gasteiger partial charge < -0.3 is 33.9 Å². The Morgan fingerprint density at radius 3 is 2.60 bits per heavy atom. The van der Waals surface area contributed by atoms with E-state index in [0.717, 1.165) is 49.9 Å². The zero-order chi connectivity index (χ0) is 31.0. The molecule has 238 valence electrons. The van der Waals surface area contributed by atoms with Gasteiger partial charge in [0.25, 0.3) is 0 Å². The molecule has 4 aliphatic rings. The van der Waals surface area contributed by atoms with Gasteiger partial charge in [-0.05, 0) is 94.2 Å². The molecular weight excluding hydrogens is 554 g/mol. The summed E-state index contributed by atoms with van der Waals surface area (Å²) in [5.41, 5.74) is -1.45. The second-order valence-electron chi connectivity index (χ2n) is 13.4. The van der Waals surface area contributed by atoms with Gasteiger partial charge >= 0.3 is 11.9 Å². The molecule has 1 aliphatic carbocycles. The molecule has 0 aromatic heterocycles. The highest BCUT2D eigenvalue weighted by Crippen LogP contribution is 2.55. The molecule has 0 amide bonds. The third kappa shape index (κ3) is 6.37. The molecule has 3 aliphatic heterocycles. The van der Waals surface area contributed by atoms with Gasteiger partial charge in [0.2, 0.25) is 6.79 Å². The molecule has 5 atom stereocenters. The number of hydrogen-bond donors (Lipinski definition) is 2. The molecule has 2 unspecified atom stereocenters. The van der Waals surface area contributed by atoms with Gasteiger partial charge in [0, 0.05) is 6.54 Å². The number of carbonyl (C=O) groups is 2. The average Bonchev–Trinajstić information content (AvgIpc) is 3.64. The van der Waals surface area contributed by atoms with Crippen LogP contribution < -0.4 is 9.47 Å². The van der Waals surface area contributed by atoms with Crippen molar-refractivity contribution in [2.24, 2.45) is 5.92 Å². The van der Waals surface area contributed by atoms with Crippen molar-refractivity contribution in [1.29, 1.82) is 0 Å². The van der Waals surface area contributed by atoms with Crippen LogP contribution in [-0.4, -0.2) is 83.5 Å². The fourth-order valence-corrected chi connectivity index (χ4v) is 7.04. The summed E-state index contributed by atoms with van der Waals surface area (Å²) in [6.07, 6.45) is 4.80. The summed E-state index contributed by atoms with van der Waals surface area (Å²) in [4.78, 5) is 29.4. The fourth-order valence-electron chi connectivity index (χ4n) is 7.04. The number of nitrogens with zero attached hydrogens (tertiary/aromatic N) is 1. The molecule has 2 N–H and O–H groups in total. The quantitative estimate of drug-likeness (QED) is 0.340. The first-order valence-electron chi connectivity index (χ1n) is 15.6. The van der Waals surface area contributed by atoms with Crippen LogP contribution in [-0.2, 0) is 30.2 Å². The normalized spacial score (nSPS) is 26.3. The van der Waals surface area contributed by atoms with E-state index >= 15 is 0 Å². The molecule has 0 saturated carbocycles. The third-order valence-electron chi connectivity index (χ3n) is 9.62. The van der Waals surface area contributed by atoms with E-state index in [-0.39, 0.29) is 31.7 Å². The van der Waals surface area contributed by atoms with Crippen LogP contribution in [0.2, 0.25) is 0 Å². The second-order valence-corrected chi connectivity index (χ2v) is 13.4. The van der Waals surface area contributed by atoms with Crippen molar-refractivity contribution < 1.29 is 43.5 Å². The molecule has 3 heterocycles. The first kappa shape index (κ1) is 31.6. The van der Waals surface area contributed by atoms with E-state index < -0.39 is 41.2 Å². The van der Waals surface area contributed by atoms with Crippen LogP contribution in [0.15, 0.2) is 24.0 Å². The Hall–Kier alpha value is -2.82. The standard InChI is InChI=1S/C33H47NO9/c1-6-21(2)19-40-27(35)18-33(38,12-7-10-31(3,4)37)30(36)43-29-26(39-5)17-32-11-8-13-34(32)14-9-22-15-24-25(42-20-41-24)16-23(22)28(29)32/h15-17,21,28-29,37-38H,6-14,18-20H2,1-5H3/t21?,28-,29?,32-,33-/m1/s1. The molecule has 5 rings (SSSR count). The third-order valence-corrected chi connectivity index (χ3v) is 9.62. The highest BCUT2D eigenvalue weighted by Gasteiger charge is 2.59. The summed E-state index contributed by atoms with van der Waals surface area (Å²) in [5, 5.41) is 22.1. The lowest BCUT2D eigenvalue weighted by atomic mass is 9.77. The van der Waals surface area contributed by atoms with Crippen molar-refractivity contribution in [3.05, 3.63) is 35.1 Å². The highest BCUT2D eigenvalue weighted by molar-refractivity contribution is 5.86. The maximum Gasteiger partial charge on any atom is 0.339 e. The molecule has 1 spiro atoms. The van der Waals surface area contributed by atoms with Crippen LogP contribution >= 0.6 is 0 Å². The largest absolute Gasteiger partial charge is 0.497 e. The number of benzene rings is 1. The maximum atomic E-state index is 14.0. The predicted octanol–water partition coefficient (Wildman–Crippen LogP) is 4.00. The molecule has 10 heteroatoms. The lowest BCUT2D eigenvalue weighted by Gasteiger charge is -2.39. The van der Waals surface area contributed by atoms with Crippen LogP contribution in [0.5, 0.6) is 11.5 Å². The van der Waals surface area contributed by atoms with Gasteiger partial charge in [-0.3, -0.25) is 9.69 Å². The Labute approximate surface area is 254 Å². The van der Waals surface area contributed by atoms with Crippen LogP contribution in [0.1, 0.15) is 89.7 Å². The van der Waals surface area contributed by atoms with E-state index in [9.17, 15) is 19.8 Å². The van der Waals surface area contributed by atoms with Crippen molar-refractivity contribution in [2.45, 2.75) is 108 Å². The van der Waals surface area contributed by atoms with Crippen molar-refractivity contribution in [3.8, 4) is 11.5 Å². The smallest absolute Gasteiger partial charge is 0.339 e.